The van der Waals surface area contributed by atoms with E-state index in [-0.39, 0.29) is 24.2 Å². The Morgan fingerprint density at radius 3 is 3.00 bits per heavy atom. The number of furan rings is 1. The molecule has 4 heteroatoms. The molecule has 1 aromatic heterocycles. The molecule has 1 aromatic carbocycles. The third-order valence-electron chi connectivity index (χ3n) is 3.69. The first-order valence-corrected chi connectivity index (χ1v) is 6.81. The van der Waals surface area contributed by atoms with Crippen LogP contribution in [-0.4, -0.2) is 17.4 Å². The van der Waals surface area contributed by atoms with Crippen molar-refractivity contribution in [2.24, 2.45) is 0 Å². The summed E-state index contributed by atoms with van der Waals surface area (Å²) in [5.74, 6) is 0.545. The van der Waals surface area contributed by atoms with Gasteiger partial charge in [-0.3, -0.25) is 4.79 Å². The Labute approximate surface area is 117 Å². The smallest absolute Gasteiger partial charge is 0.227 e. The van der Waals surface area contributed by atoms with Gasteiger partial charge in [-0.15, -0.1) is 0 Å². The van der Waals surface area contributed by atoms with Crippen molar-refractivity contribution in [3.05, 3.63) is 59.8 Å². The summed E-state index contributed by atoms with van der Waals surface area (Å²) in [4.78, 5) is 14.2. The number of carbonyl (C=O) groups excluding carboxylic acids is 1. The highest BCUT2D eigenvalue weighted by Crippen LogP contribution is 2.32. The zero-order valence-electron chi connectivity index (χ0n) is 11.1. The summed E-state index contributed by atoms with van der Waals surface area (Å²) in [5, 5.41) is 0. The average Bonchev–Trinajstić information content (AvgIpc) is 3.09. The Balaban J connectivity index is 1.73. The van der Waals surface area contributed by atoms with Gasteiger partial charge < -0.3 is 9.32 Å². The van der Waals surface area contributed by atoms with Crippen LogP contribution in [-0.2, 0) is 11.2 Å². The zero-order valence-corrected chi connectivity index (χ0v) is 11.1. The Bertz CT molecular complexity index is 594. The highest BCUT2D eigenvalue weighted by atomic mass is 19.1. The molecule has 0 bridgehead atoms. The fourth-order valence-electron chi connectivity index (χ4n) is 2.76. The minimum Gasteiger partial charge on any atom is -0.467 e. The molecule has 2 aromatic rings. The van der Waals surface area contributed by atoms with Crippen LogP contribution in [0.15, 0.2) is 47.1 Å². The molecular weight excluding hydrogens is 257 g/mol. The highest BCUT2D eigenvalue weighted by molar-refractivity contribution is 5.79. The van der Waals surface area contributed by atoms with Gasteiger partial charge in [0.2, 0.25) is 5.91 Å². The lowest BCUT2D eigenvalue weighted by molar-refractivity contribution is -0.131. The summed E-state index contributed by atoms with van der Waals surface area (Å²) in [5.41, 5.74) is 0.708. The van der Waals surface area contributed by atoms with E-state index in [1.165, 1.54) is 12.1 Å². The number of hydrogen-bond donors (Lipinski definition) is 0. The SMILES string of the molecule is O=C(Cc1cccc(F)c1)N1CCCC1c1ccco1. The summed E-state index contributed by atoms with van der Waals surface area (Å²) in [6, 6.07) is 9.96. The van der Waals surface area contributed by atoms with Crippen molar-refractivity contribution in [3.63, 3.8) is 0 Å². The number of nitrogens with zero attached hydrogens (tertiary/aromatic N) is 1. The molecule has 1 aliphatic heterocycles. The van der Waals surface area contributed by atoms with E-state index < -0.39 is 0 Å². The lowest BCUT2D eigenvalue weighted by Gasteiger charge is -2.23. The van der Waals surface area contributed by atoms with Crippen LogP contribution in [0.1, 0.15) is 30.2 Å². The zero-order chi connectivity index (χ0) is 13.9. The minimum atomic E-state index is -0.306. The summed E-state index contributed by atoms with van der Waals surface area (Å²) in [6.07, 6.45) is 3.75. The summed E-state index contributed by atoms with van der Waals surface area (Å²) in [6.45, 7) is 0.736. The number of rotatable bonds is 3. The van der Waals surface area contributed by atoms with Gasteiger partial charge in [-0.2, -0.15) is 0 Å². The van der Waals surface area contributed by atoms with Gasteiger partial charge in [0.25, 0.3) is 0 Å². The van der Waals surface area contributed by atoms with E-state index in [0.29, 0.717) is 5.56 Å². The van der Waals surface area contributed by atoms with E-state index >= 15 is 0 Å². The van der Waals surface area contributed by atoms with Gasteiger partial charge >= 0.3 is 0 Å². The monoisotopic (exact) mass is 273 g/mol. The molecule has 1 amide bonds. The van der Waals surface area contributed by atoms with Crippen molar-refractivity contribution >= 4 is 5.91 Å². The maximum atomic E-state index is 13.2. The fourth-order valence-corrected chi connectivity index (χ4v) is 2.76. The van der Waals surface area contributed by atoms with E-state index in [1.54, 1.807) is 18.4 Å². The molecule has 3 rings (SSSR count). The maximum absolute atomic E-state index is 13.2. The first kappa shape index (κ1) is 12.9. The number of hydrogen-bond acceptors (Lipinski definition) is 2. The molecule has 3 nitrogen and oxygen atoms in total. The van der Waals surface area contributed by atoms with E-state index in [9.17, 15) is 9.18 Å². The number of halogens is 1. The summed E-state index contributed by atoms with van der Waals surface area (Å²) >= 11 is 0. The first-order chi connectivity index (χ1) is 9.74. The lowest BCUT2D eigenvalue weighted by atomic mass is 10.1. The van der Waals surface area contributed by atoms with Crippen molar-refractivity contribution in [1.82, 2.24) is 4.90 Å². The van der Waals surface area contributed by atoms with E-state index in [2.05, 4.69) is 0 Å². The molecule has 0 N–H and O–H groups in total. The molecule has 0 saturated carbocycles. The first-order valence-electron chi connectivity index (χ1n) is 6.81. The molecule has 20 heavy (non-hydrogen) atoms. The van der Waals surface area contributed by atoms with Crippen LogP contribution >= 0.6 is 0 Å². The van der Waals surface area contributed by atoms with Gasteiger partial charge in [0.1, 0.15) is 11.6 Å². The van der Waals surface area contributed by atoms with Crippen molar-refractivity contribution in [2.75, 3.05) is 6.54 Å². The van der Waals surface area contributed by atoms with Gasteiger partial charge in [0, 0.05) is 6.54 Å². The molecule has 104 valence electrons. The third-order valence-corrected chi connectivity index (χ3v) is 3.69. The maximum Gasteiger partial charge on any atom is 0.227 e. The highest BCUT2D eigenvalue weighted by Gasteiger charge is 2.31. The van der Waals surface area contributed by atoms with E-state index in [0.717, 1.165) is 25.1 Å². The fraction of sp³-hybridized carbons (Fsp3) is 0.312. The van der Waals surface area contributed by atoms with Crippen molar-refractivity contribution in [2.45, 2.75) is 25.3 Å². The Kier molecular flexibility index (Phi) is 3.54. The normalized spacial score (nSPS) is 18.4. The second kappa shape index (κ2) is 5.49. The molecule has 0 aliphatic carbocycles. The Morgan fingerprint density at radius 1 is 1.35 bits per heavy atom. The van der Waals surface area contributed by atoms with Gasteiger partial charge in [-0.05, 0) is 42.7 Å². The predicted molar refractivity (Wildman–Crippen MR) is 72.5 cm³/mol. The Morgan fingerprint density at radius 2 is 2.25 bits per heavy atom. The quantitative estimate of drug-likeness (QED) is 0.859. The van der Waals surface area contributed by atoms with Crippen LogP contribution in [0, 0.1) is 5.82 Å². The molecular formula is C16H16FNO2. The molecule has 0 radical (unpaired) electrons. The molecule has 1 saturated heterocycles. The summed E-state index contributed by atoms with van der Waals surface area (Å²) < 4.78 is 18.6. The van der Waals surface area contributed by atoms with Gasteiger partial charge in [0.15, 0.2) is 0 Å². The predicted octanol–water partition coefficient (Wildman–Crippen LogP) is 3.32. The molecule has 1 unspecified atom stereocenters. The molecule has 1 atom stereocenters. The second-order valence-electron chi connectivity index (χ2n) is 5.07. The lowest BCUT2D eigenvalue weighted by Crippen LogP contribution is -2.31. The van der Waals surface area contributed by atoms with Crippen LogP contribution in [0.5, 0.6) is 0 Å². The van der Waals surface area contributed by atoms with Crippen LogP contribution in [0.3, 0.4) is 0 Å². The summed E-state index contributed by atoms with van der Waals surface area (Å²) in [7, 11) is 0. The van der Waals surface area contributed by atoms with Crippen molar-refractivity contribution < 1.29 is 13.6 Å². The van der Waals surface area contributed by atoms with Crippen LogP contribution < -0.4 is 0 Å². The number of amides is 1. The Hall–Kier alpha value is -2.10. The van der Waals surface area contributed by atoms with Gasteiger partial charge in [-0.1, -0.05) is 12.1 Å². The molecule has 2 heterocycles. The molecule has 1 aliphatic rings. The molecule has 0 spiro atoms. The van der Waals surface area contributed by atoms with Crippen molar-refractivity contribution in [1.29, 1.82) is 0 Å². The number of carbonyl (C=O) groups is 1. The number of benzene rings is 1. The van der Waals surface area contributed by atoms with Crippen LogP contribution in [0.25, 0.3) is 0 Å². The molecule has 1 fully saturated rings. The third kappa shape index (κ3) is 2.59. The topological polar surface area (TPSA) is 33.5 Å². The average molecular weight is 273 g/mol. The van der Waals surface area contributed by atoms with Gasteiger partial charge in [-0.25, -0.2) is 4.39 Å². The van der Waals surface area contributed by atoms with E-state index in [4.69, 9.17) is 4.42 Å². The largest absolute Gasteiger partial charge is 0.467 e. The van der Waals surface area contributed by atoms with E-state index in [1.807, 2.05) is 17.0 Å². The standard InChI is InChI=1S/C16H16FNO2/c17-13-5-1-4-12(10-13)11-16(19)18-8-2-6-14(18)15-7-3-9-20-15/h1,3-5,7,9-10,14H,2,6,8,11H2. The van der Waals surface area contributed by atoms with Crippen LogP contribution in [0.2, 0.25) is 0 Å². The minimum absolute atomic E-state index is 0.0195. The van der Waals surface area contributed by atoms with Crippen LogP contribution in [0.4, 0.5) is 4.39 Å². The van der Waals surface area contributed by atoms with Gasteiger partial charge in [0.05, 0.1) is 18.7 Å². The number of likely N-dealkylation sites (tertiary alicyclic amines) is 1. The van der Waals surface area contributed by atoms with Crippen molar-refractivity contribution in [3.8, 4) is 0 Å². The second-order valence-corrected chi connectivity index (χ2v) is 5.07.